The van der Waals surface area contributed by atoms with Gasteiger partial charge in [0.15, 0.2) is 0 Å². The predicted octanol–water partition coefficient (Wildman–Crippen LogP) is 1.17. The van der Waals surface area contributed by atoms with Gasteiger partial charge in [-0.1, -0.05) is 30.3 Å². The number of aromatic nitrogens is 2. The highest BCUT2D eigenvalue weighted by Crippen LogP contribution is 2.03. The smallest absolute Gasteiger partial charge is 0.141 e. The Hall–Kier alpha value is -1.78. The maximum Gasteiger partial charge on any atom is 0.141 e. The van der Waals surface area contributed by atoms with E-state index in [2.05, 4.69) is 27.4 Å². The molecule has 0 fully saturated rings. The van der Waals surface area contributed by atoms with Gasteiger partial charge in [-0.2, -0.15) is 0 Å². The fourth-order valence-electron chi connectivity index (χ4n) is 1.76. The first-order valence-corrected chi connectivity index (χ1v) is 6.02. The Morgan fingerprint density at radius 3 is 2.44 bits per heavy atom. The summed E-state index contributed by atoms with van der Waals surface area (Å²) in [6.45, 7) is 0.667. The molecule has 0 amide bonds. The lowest BCUT2D eigenvalue weighted by atomic mass is 10.1. The Kier molecular flexibility index (Phi) is 4.81. The van der Waals surface area contributed by atoms with Gasteiger partial charge in [-0.05, 0) is 18.1 Å². The summed E-state index contributed by atoms with van der Waals surface area (Å²) in [5.74, 6) is 0.740. The van der Waals surface area contributed by atoms with E-state index in [4.69, 9.17) is 0 Å². The molecule has 2 rings (SSSR count). The Morgan fingerprint density at radius 2 is 1.78 bits per heavy atom. The molecule has 2 N–H and O–H groups in total. The zero-order valence-electron chi connectivity index (χ0n) is 10.2. The summed E-state index contributed by atoms with van der Waals surface area (Å²) < 4.78 is 0. The fourth-order valence-corrected chi connectivity index (χ4v) is 1.76. The molecule has 94 valence electrons. The summed E-state index contributed by atoms with van der Waals surface area (Å²) in [7, 11) is 0. The van der Waals surface area contributed by atoms with E-state index in [0.29, 0.717) is 6.54 Å². The summed E-state index contributed by atoms with van der Waals surface area (Å²) >= 11 is 0. The van der Waals surface area contributed by atoms with Crippen LogP contribution >= 0.6 is 0 Å². The maximum atomic E-state index is 9.36. The minimum atomic E-state index is 0.0243. The highest BCUT2D eigenvalue weighted by molar-refractivity contribution is 5.15. The van der Waals surface area contributed by atoms with E-state index in [1.807, 2.05) is 18.2 Å². The number of hydrogen-bond donors (Lipinski definition) is 2. The lowest BCUT2D eigenvalue weighted by Gasteiger charge is -2.15. The van der Waals surface area contributed by atoms with Crippen molar-refractivity contribution in [3.63, 3.8) is 0 Å². The topological polar surface area (TPSA) is 58.0 Å². The van der Waals surface area contributed by atoms with Gasteiger partial charge >= 0.3 is 0 Å². The first-order valence-electron chi connectivity index (χ1n) is 6.02. The third kappa shape index (κ3) is 3.91. The van der Waals surface area contributed by atoms with Gasteiger partial charge in [0.1, 0.15) is 5.82 Å². The molecule has 0 saturated heterocycles. The molecule has 0 saturated carbocycles. The largest absolute Gasteiger partial charge is 0.395 e. The Labute approximate surface area is 107 Å². The van der Waals surface area contributed by atoms with Crippen molar-refractivity contribution in [2.75, 3.05) is 6.61 Å². The van der Waals surface area contributed by atoms with Gasteiger partial charge in [-0.15, -0.1) is 0 Å². The van der Waals surface area contributed by atoms with Crippen molar-refractivity contribution >= 4 is 0 Å². The number of nitrogens with zero attached hydrogens (tertiary/aromatic N) is 2. The second kappa shape index (κ2) is 6.83. The van der Waals surface area contributed by atoms with Crippen LogP contribution in [-0.2, 0) is 13.0 Å². The Balaban J connectivity index is 1.86. The molecule has 0 aliphatic heterocycles. The minimum absolute atomic E-state index is 0.0243. The van der Waals surface area contributed by atoms with Gasteiger partial charge in [0.2, 0.25) is 0 Å². The highest BCUT2D eigenvalue weighted by atomic mass is 16.3. The lowest BCUT2D eigenvalue weighted by molar-refractivity contribution is 0.240. The second-order valence-electron chi connectivity index (χ2n) is 4.12. The molecule has 18 heavy (non-hydrogen) atoms. The van der Waals surface area contributed by atoms with Crippen LogP contribution in [0.25, 0.3) is 0 Å². The van der Waals surface area contributed by atoms with Crippen LogP contribution in [0.1, 0.15) is 11.4 Å². The van der Waals surface area contributed by atoms with Crippen molar-refractivity contribution in [2.45, 2.75) is 19.0 Å². The number of hydrogen-bond acceptors (Lipinski definition) is 4. The SMILES string of the molecule is OCC(Cc1ccccc1)NCc1ncccn1. The zero-order chi connectivity index (χ0) is 12.6. The third-order valence-corrected chi connectivity index (χ3v) is 2.71. The molecule has 1 aromatic carbocycles. The average molecular weight is 243 g/mol. The molecule has 1 atom stereocenters. The normalized spacial score (nSPS) is 12.3. The van der Waals surface area contributed by atoms with Crippen LogP contribution in [0, 0.1) is 0 Å². The second-order valence-corrected chi connectivity index (χ2v) is 4.12. The summed E-state index contributed by atoms with van der Waals surface area (Å²) in [6, 6.07) is 11.9. The number of rotatable bonds is 6. The van der Waals surface area contributed by atoms with Crippen LogP contribution in [0.3, 0.4) is 0 Å². The maximum absolute atomic E-state index is 9.36. The molecular formula is C14H17N3O. The van der Waals surface area contributed by atoms with E-state index in [-0.39, 0.29) is 12.6 Å². The van der Waals surface area contributed by atoms with Gasteiger partial charge in [-0.3, -0.25) is 0 Å². The molecule has 0 spiro atoms. The van der Waals surface area contributed by atoms with Crippen LogP contribution in [0.2, 0.25) is 0 Å². The van der Waals surface area contributed by atoms with Crippen molar-refractivity contribution < 1.29 is 5.11 Å². The molecule has 0 aliphatic carbocycles. The van der Waals surface area contributed by atoms with Crippen molar-refractivity contribution in [2.24, 2.45) is 0 Å². The molecule has 0 bridgehead atoms. The fraction of sp³-hybridized carbons (Fsp3) is 0.286. The molecule has 0 aliphatic rings. The van der Waals surface area contributed by atoms with E-state index in [1.165, 1.54) is 5.56 Å². The monoisotopic (exact) mass is 243 g/mol. The lowest BCUT2D eigenvalue weighted by Crippen LogP contribution is -2.34. The van der Waals surface area contributed by atoms with Gasteiger partial charge in [0.05, 0.1) is 13.2 Å². The van der Waals surface area contributed by atoms with Crippen LogP contribution < -0.4 is 5.32 Å². The average Bonchev–Trinajstić information content (AvgIpc) is 2.45. The first-order chi connectivity index (χ1) is 8.88. The minimum Gasteiger partial charge on any atom is -0.395 e. The van der Waals surface area contributed by atoms with Gasteiger partial charge < -0.3 is 10.4 Å². The third-order valence-electron chi connectivity index (χ3n) is 2.71. The van der Waals surface area contributed by atoms with E-state index in [0.717, 1.165) is 12.2 Å². The number of nitrogens with one attached hydrogen (secondary N) is 1. The van der Waals surface area contributed by atoms with Gasteiger partial charge in [0.25, 0.3) is 0 Å². The molecular weight excluding hydrogens is 226 g/mol. The molecule has 1 heterocycles. The van der Waals surface area contributed by atoms with Crippen molar-refractivity contribution in [1.82, 2.24) is 15.3 Å². The van der Waals surface area contributed by atoms with E-state index in [1.54, 1.807) is 18.5 Å². The zero-order valence-corrected chi connectivity index (χ0v) is 10.2. The van der Waals surface area contributed by atoms with Crippen LogP contribution in [0.15, 0.2) is 48.8 Å². The Morgan fingerprint density at radius 1 is 1.06 bits per heavy atom. The standard InChI is InChI=1S/C14H17N3O/c18-11-13(9-12-5-2-1-3-6-12)17-10-14-15-7-4-8-16-14/h1-8,13,17-18H,9-11H2. The molecule has 4 nitrogen and oxygen atoms in total. The highest BCUT2D eigenvalue weighted by Gasteiger charge is 2.08. The van der Waals surface area contributed by atoms with Gasteiger partial charge in [-0.25, -0.2) is 9.97 Å². The number of benzene rings is 1. The van der Waals surface area contributed by atoms with Crippen LogP contribution in [-0.4, -0.2) is 27.7 Å². The van der Waals surface area contributed by atoms with Crippen LogP contribution in [0.4, 0.5) is 0 Å². The summed E-state index contributed by atoms with van der Waals surface area (Å²) in [5.41, 5.74) is 1.21. The van der Waals surface area contributed by atoms with Crippen LogP contribution in [0.5, 0.6) is 0 Å². The summed E-state index contributed by atoms with van der Waals surface area (Å²) in [5, 5.41) is 12.6. The quantitative estimate of drug-likeness (QED) is 0.799. The molecule has 2 aromatic rings. The summed E-state index contributed by atoms with van der Waals surface area (Å²) in [6.07, 6.45) is 4.23. The molecule has 0 radical (unpaired) electrons. The van der Waals surface area contributed by atoms with E-state index < -0.39 is 0 Å². The van der Waals surface area contributed by atoms with E-state index >= 15 is 0 Å². The number of aliphatic hydroxyl groups excluding tert-OH is 1. The first kappa shape index (κ1) is 12.7. The molecule has 1 aromatic heterocycles. The predicted molar refractivity (Wildman–Crippen MR) is 69.9 cm³/mol. The summed E-state index contributed by atoms with van der Waals surface area (Å²) in [4.78, 5) is 8.27. The van der Waals surface area contributed by atoms with E-state index in [9.17, 15) is 5.11 Å². The number of aliphatic hydroxyl groups is 1. The van der Waals surface area contributed by atoms with Crippen molar-refractivity contribution in [1.29, 1.82) is 0 Å². The molecule has 1 unspecified atom stereocenters. The molecule has 4 heteroatoms. The Bertz CT molecular complexity index is 447. The van der Waals surface area contributed by atoms with Gasteiger partial charge in [0, 0.05) is 18.4 Å². The van der Waals surface area contributed by atoms with Crippen molar-refractivity contribution in [3.8, 4) is 0 Å². The van der Waals surface area contributed by atoms with Crippen molar-refractivity contribution in [3.05, 3.63) is 60.2 Å².